The first-order chi connectivity index (χ1) is 12.7. The summed E-state index contributed by atoms with van der Waals surface area (Å²) in [7, 11) is 0. The Kier molecular flexibility index (Phi) is 12.2. The van der Waals surface area contributed by atoms with E-state index in [0.717, 1.165) is 32.1 Å². The summed E-state index contributed by atoms with van der Waals surface area (Å²) < 4.78 is 0. The maximum absolute atomic E-state index is 11.9. The van der Waals surface area contributed by atoms with Gasteiger partial charge in [0.15, 0.2) is 0 Å². The van der Waals surface area contributed by atoms with Gasteiger partial charge in [0.05, 0.1) is 0 Å². The lowest BCUT2D eigenvalue weighted by atomic mass is 10.0. The van der Waals surface area contributed by atoms with Crippen LogP contribution in [0.2, 0.25) is 0 Å². The molecule has 1 rings (SSSR count). The van der Waals surface area contributed by atoms with Crippen molar-refractivity contribution in [3.05, 3.63) is 35.9 Å². The molecule has 1 aromatic rings. The van der Waals surface area contributed by atoms with E-state index in [1.165, 1.54) is 31.2 Å². The summed E-state index contributed by atoms with van der Waals surface area (Å²) >= 11 is 0. The van der Waals surface area contributed by atoms with Crippen molar-refractivity contribution in [1.29, 1.82) is 0 Å². The average molecular weight is 363 g/mol. The summed E-state index contributed by atoms with van der Waals surface area (Å²) in [5, 5.41) is 11.4. The minimum Gasteiger partial charge on any atom is -0.344 e. The van der Waals surface area contributed by atoms with Crippen LogP contribution in [0.1, 0.15) is 76.7 Å². The van der Waals surface area contributed by atoms with Gasteiger partial charge in [0.2, 0.25) is 5.91 Å². The molecule has 1 aromatic carbocycles. The Hall–Kier alpha value is -1.88. The van der Waals surface area contributed by atoms with Crippen molar-refractivity contribution in [2.75, 3.05) is 0 Å². The second kappa shape index (κ2) is 14.3. The fourth-order valence-electron chi connectivity index (χ4n) is 3.05. The van der Waals surface area contributed by atoms with Crippen molar-refractivity contribution in [1.82, 2.24) is 10.8 Å². The third-order valence-corrected chi connectivity index (χ3v) is 4.55. The number of hydrogen-bond donors (Lipinski definition) is 3. The predicted molar refractivity (Wildman–Crippen MR) is 104 cm³/mol. The largest absolute Gasteiger partial charge is 0.344 e. The quantitative estimate of drug-likeness (QED) is 0.264. The molecule has 0 saturated carbocycles. The molecule has 0 unspecified atom stereocenters. The van der Waals surface area contributed by atoms with Crippen molar-refractivity contribution >= 4 is 11.8 Å². The van der Waals surface area contributed by atoms with Crippen molar-refractivity contribution < 1.29 is 14.8 Å². The molecule has 0 aliphatic heterocycles. The summed E-state index contributed by atoms with van der Waals surface area (Å²) in [6, 6.07) is 9.95. The Morgan fingerprint density at radius 1 is 0.962 bits per heavy atom. The minimum atomic E-state index is -0.637. The number of amides is 2. The number of aryl methyl sites for hydroxylation is 1. The lowest BCUT2D eigenvalue weighted by molar-refractivity contribution is -0.134. The highest BCUT2D eigenvalue weighted by molar-refractivity contribution is 5.86. The molecule has 0 fully saturated rings. The molecule has 0 heterocycles. The maximum Gasteiger partial charge on any atom is 0.265 e. The summed E-state index contributed by atoms with van der Waals surface area (Å²) in [4.78, 5) is 23.3. The molecule has 0 aromatic heterocycles. The van der Waals surface area contributed by atoms with Crippen LogP contribution in [0.3, 0.4) is 0 Å². The van der Waals surface area contributed by atoms with E-state index in [9.17, 15) is 9.59 Å². The molecule has 3 N–H and O–H groups in total. The predicted octanol–water partition coefficient (Wildman–Crippen LogP) is 4.14. The topological polar surface area (TPSA) is 78.4 Å². The first kappa shape index (κ1) is 22.2. The number of hydroxylamine groups is 1. The van der Waals surface area contributed by atoms with Crippen LogP contribution in [0, 0.1) is 0 Å². The van der Waals surface area contributed by atoms with Gasteiger partial charge in [0, 0.05) is 6.42 Å². The summed E-state index contributed by atoms with van der Waals surface area (Å²) in [6.07, 6.45) is 10.9. The molecule has 0 aliphatic carbocycles. The number of benzene rings is 1. The Labute approximate surface area is 157 Å². The second-order valence-corrected chi connectivity index (χ2v) is 6.85. The van der Waals surface area contributed by atoms with E-state index < -0.39 is 11.9 Å². The highest BCUT2D eigenvalue weighted by Gasteiger charge is 2.18. The third-order valence-electron chi connectivity index (χ3n) is 4.55. The first-order valence-electron chi connectivity index (χ1n) is 9.94. The highest BCUT2D eigenvalue weighted by atomic mass is 16.5. The Morgan fingerprint density at radius 3 is 2.19 bits per heavy atom. The molecular formula is C21H34N2O3. The zero-order valence-electron chi connectivity index (χ0n) is 16.0. The Morgan fingerprint density at radius 2 is 1.58 bits per heavy atom. The van der Waals surface area contributed by atoms with E-state index in [1.807, 2.05) is 6.92 Å². The van der Waals surface area contributed by atoms with Gasteiger partial charge in [-0.05, 0) is 31.2 Å². The third kappa shape index (κ3) is 10.2. The minimum absolute atomic E-state index is 0.116. The number of hydrogen-bond acceptors (Lipinski definition) is 3. The van der Waals surface area contributed by atoms with Gasteiger partial charge in [-0.15, -0.1) is 0 Å². The van der Waals surface area contributed by atoms with E-state index >= 15 is 0 Å². The van der Waals surface area contributed by atoms with Gasteiger partial charge >= 0.3 is 0 Å². The van der Waals surface area contributed by atoms with E-state index in [2.05, 4.69) is 35.6 Å². The zero-order valence-corrected chi connectivity index (χ0v) is 16.0. The smallest absolute Gasteiger partial charge is 0.265 e. The number of nitrogens with one attached hydrogen (secondary N) is 2. The van der Waals surface area contributed by atoms with Gasteiger partial charge < -0.3 is 5.32 Å². The van der Waals surface area contributed by atoms with Crippen LogP contribution in [0.4, 0.5) is 0 Å². The summed E-state index contributed by atoms with van der Waals surface area (Å²) in [5.41, 5.74) is 3.02. The number of unbranched alkanes of at least 4 members (excludes halogenated alkanes) is 6. The van der Waals surface area contributed by atoms with Gasteiger partial charge in [-0.25, -0.2) is 5.48 Å². The monoisotopic (exact) mass is 362 g/mol. The average Bonchev–Trinajstić information content (AvgIpc) is 2.66. The van der Waals surface area contributed by atoms with E-state index in [-0.39, 0.29) is 5.91 Å². The Balaban J connectivity index is 1.99. The molecule has 146 valence electrons. The molecule has 2 amide bonds. The van der Waals surface area contributed by atoms with Crippen molar-refractivity contribution in [3.63, 3.8) is 0 Å². The molecule has 0 spiro atoms. The molecule has 5 heteroatoms. The van der Waals surface area contributed by atoms with Crippen LogP contribution < -0.4 is 10.8 Å². The summed E-state index contributed by atoms with van der Waals surface area (Å²) in [5.74, 6) is -0.661. The van der Waals surface area contributed by atoms with Gasteiger partial charge in [-0.1, -0.05) is 75.8 Å². The lowest BCUT2D eigenvalue weighted by Crippen LogP contribution is -2.45. The fourth-order valence-corrected chi connectivity index (χ4v) is 3.05. The molecule has 0 aliphatic rings. The molecule has 0 saturated heterocycles. The second-order valence-electron chi connectivity index (χ2n) is 6.85. The normalized spacial score (nSPS) is 11.8. The number of carbonyl (C=O) groups is 2. The lowest BCUT2D eigenvalue weighted by Gasteiger charge is -2.15. The van der Waals surface area contributed by atoms with Crippen LogP contribution in [-0.2, 0) is 16.0 Å². The molecule has 1 atom stereocenters. The molecule has 0 radical (unpaired) electrons. The van der Waals surface area contributed by atoms with E-state index in [1.54, 1.807) is 5.48 Å². The van der Waals surface area contributed by atoms with Crippen LogP contribution in [0.15, 0.2) is 30.3 Å². The van der Waals surface area contributed by atoms with Crippen molar-refractivity contribution in [2.24, 2.45) is 0 Å². The molecule has 26 heavy (non-hydrogen) atoms. The van der Waals surface area contributed by atoms with Gasteiger partial charge in [0.25, 0.3) is 5.91 Å². The van der Waals surface area contributed by atoms with Crippen molar-refractivity contribution in [2.45, 2.75) is 83.6 Å². The standard InChI is InChI=1S/C21H34N2O3/c1-2-13-19(21(25)23-26)22-20(24)17-12-7-5-3-4-6-9-14-18-15-10-8-11-16-18/h8,10-11,15-16,19,26H,2-7,9,12-14,17H2,1H3,(H,22,24)(H,23,25)/t19-/m1/s1. The number of rotatable bonds is 14. The molecule has 5 nitrogen and oxygen atoms in total. The number of carbonyl (C=O) groups excluding carboxylic acids is 2. The van der Waals surface area contributed by atoms with Crippen molar-refractivity contribution in [3.8, 4) is 0 Å². The van der Waals surface area contributed by atoms with Crippen LogP contribution in [0.25, 0.3) is 0 Å². The van der Waals surface area contributed by atoms with E-state index in [0.29, 0.717) is 12.8 Å². The SMILES string of the molecule is CCC[C@@H](NC(=O)CCCCCCCCCc1ccccc1)C(=O)NO. The van der Waals surface area contributed by atoms with Gasteiger partial charge in [-0.3, -0.25) is 14.8 Å². The highest BCUT2D eigenvalue weighted by Crippen LogP contribution is 2.11. The zero-order chi connectivity index (χ0) is 19.0. The molecular weight excluding hydrogens is 328 g/mol. The molecule has 0 bridgehead atoms. The fraction of sp³-hybridized carbons (Fsp3) is 0.619. The van der Waals surface area contributed by atoms with E-state index in [4.69, 9.17) is 5.21 Å². The summed E-state index contributed by atoms with van der Waals surface area (Å²) in [6.45, 7) is 1.93. The first-order valence-corrected chi connectivity index (χ1v) is 9.94. The van der Waals surface area contributed by atoms with Gasteiger partial charge in [0.1, 0.15) is 6.04 Å². The maximum atomic E-state index is 11.9. The van der Waals surface area contributed by atoms with Crippen LogP contribution in [-0.4, -0.2) is 23.1 Å². The van der Waals surface area contributed by atoms with Crippen LogP contribution >= 0.6 is 0 Å². The van der Waals surface area contributed by atoms with Crippen LogP contribution in [0.5, 0.6) is 0 Å². The van der Waals surface area contributed by atoms with Gasteiger partial charge in [-0.2, -0.15) is 0 Å². The Bertz CT molecular complexity index is 505.